The molecule has 0 fully saturated rings. The highest BCUT2D eigenvalue weighted by Crippen LogP contribution is 2.24. The van der Waals surface area contributed by atoms with Gasteiger partial charge in [0.25, 0.3) is 11.8 Å². The summed E-state index contributed by atoms with van der Waals surface area (Å²) < 4.78 is 20.7. The van der Waals surface area contributed by atoms with Gasteiger partial charge in [0, 0.05) is 35.8 Å². The van der Waals surface area contributed by atoms with E-state index in [2.05, 4.69) is 25.7 Å². The number of anilines is 2. The zero-order valence-corrected chi connectivity index (χ0v) is 18.1. The quantitative estimate of drug-likeness (QED) is 0.378. The van der Waals surface area contributed by atoms with E-state index in [-0.39, 0.29) is 17.4 Å². The van der Waals surface area contributed by atoms with Crippen molar-refractivity contribution in [2.24, 2.45) is 0 Å². The Balaban J connectivity index is 1.29. The van der Waals surface area contributed by atoms with Crippen LogP contribution in [-0.2, 0) is 0 Å². The standard InChI is InChI=1S/C25H17FN6O3/c26-18-6-1-4-16(12-18)24(33)28-19-7-2-8-20(13-19)35-23-10-9-22-29-21(15-32(22)31-23)30-25(34)17-5-3-11-27-14-17/h1-15H,(H,28,33)(H,30,34). The second kappa shape index (κ2) is 9.40. The van der Waals surface area contributed by atoms with Crippen LogP contribution >= 0.6 is 0 Å². The van der Waals surface area contributed by atoms with Crippen LogP contribution in [0.4, 0.5) is 15.9 Å². The number of ether oxygens (including phenoxy) is 1. The molecule has 0 saturated heterocycles. The van der Waals surface area contributed by atoms with Crippen molar-refractivity contribution in [1.82, 2.24) is 19.6 Å². The SMILES string of the molecule is O=C(Nc1cccc(Oc2ccc3nc(NC(=O)c4cccnc4)cn3n2)c1)c1cccc(F)c1. The molecule has 3 heterocycles. The van der Waals surface area contributed by atoms with E-state index < -0.39 is 11.7 Å². The van der Waals surface area contributed by atoms with E-state index in [0.29, 0.717) is 28.5 Å². The highest BCUT2D eigenvalue weighted by atomic mass is 19.1. The van der Waals surface area contributed by atoms with Crippen molar-refractivity contribution in [3.05, 3.63) is 108 Å². The van der Waals surface area contributed by atoms with Crippen LogP contribution < -0.4 is 15.4 Å². The molecule has 0 atom stereocenters. The molecule has 5 rings (SSSR count). The van der Waals surface area contributed by atoms with Gasteiger partial charge in [-0.25, -0.2) is 13.9 Å². The maximum Gasteiger partial charge on any atom is 0.258 e. The predicted molar refractivity (Wildman–Crippen MR) is 126 cm³/mol. The average molecular weight is 468 g/mol. The number of benzene rings is 2. The third-order valence-electron chi connectivity index (χ3n) is 4.86. The Morgan fingerprint density at radius 3 is 2.54 bits per heavy atom. The van der Waals surface area contributed by atoms with E-state index in [0.717, 1.165) is 6.07 Å². The predicted octanol–water partition coefficient (Wildman–Crippen LogP) is 4.56. The Morgan fingerprint density at radius 2 is 1.71 bits per heavy atom. The monoisotopic (exact) mass is 468 g/mol. The van der Waals surface area contributed by atoms with E-state index in [1.165, 1.54) is 28.9 Å². The lowest BCUT2D eigenvalue weighted by molar-refractivity contribution is 0.101. The first-order valence-electron chi connectivity index (χ1n) is 10.5. The van der Waals surface area contributed by atoms with Crippen LogP contribution in [0.2, 0.25) is 0 Å². The molecule has 9 nitrogen and oxygen atoms in total. The van der Waals surface area contributed by atoms with Gasteiger partial charge < -0.3 is 15.4 Å². The Kier molecular flexibility index (Phi) is 5.83. The molecule has 35 heavy (non-hydrogen) atoms. The number of aromatic nitrogens is 4. The third kappa shape index (κ3) is 5.11. The van der Waals surface area contributed by atoms with Crippen molar-refractivity contribution in [3.8, 4) is 11.6 Å². The largest absolute Gasteiger partial charge is 0.438 e. The van der Waals surface area contributed by atoms with Crippen molar-refractivity contribution in [2.75, 3.05) is 10.6 Å². The maximum atomic E-state index is 13.4. The molecule has 10 heteroatoms. The van der Waals surface area contributed by atoms with Gasteiger partial charge in [0.2, 0.25) is 5.88 Å². The Morgan fingerprint density at radius 1 is 0.886 bits per heavy atom. The number of amides is 2. The summed E-state index contributed by atoms with van der Waals surface area (Å²) in [4.78, 5) is 33.0. The fourth-order valence-electron chi connectivity index (χ4n) is 3.26. The summed E-state index contributed by atoms with van der Waals surface area (Å²) >= 11 is 0. The van der Waals surface area contributed by atoms with Crippen molar-refractivity contribution in [2.45, 2.75) is 0 Å². The molecule has 0 bridgehead atoms. The number of fused-ring (bicyclic) bond motifs is 1. The van der Waals surface area contributed by atoms with Crippen LogP contribution in [0.3, 0.4) is 0 Å². The van der Waals surface area contributed by atoms with Gasteiger partial charge in [-0.2, -0.15) is 0 Å². The van der Waals surface area contributed by atoms with Gasteiger partial charge in [-0.1, -0.05) is 12.1 Å². The van der Waals surface area contributed by atoms with Crippen molar-refractivity contribution in [3.63, 3.8) is 0 Å². The summed E-state index contributed by atoms with van der Waals surface area (Å²) in [6.45, 7) is 0. The molecule has 172 valence electrons. The molecular formula is C25H17FN6O3. The number of carbonyl (C=O) groups excluding carboxylic acids is 2. The Labute approximate surface area is 198 Å². The van der Waals surface area contributed by atoms with E-state index in [4.69, 9.17) is 4.74 Å². The second-order valence-corrected chi connectivity index (χ2v) is 7.39. The average Bonchev–Trinajstić information content (AvgIpc) is 3.26. The first-order chi connectivity index (χ1) is 17.0. The van der Waals surface area contributed by atoms with Crippen molar-refractivity contribution in [1.29, 1.82) is 0 Å². The van der Waals surface area contributed by atoms with Crippen LogP contribution in [0.25, 0.3) is 5.65 Å². The first-order valence-corrected chi connectivity index (χ1v) is 10.5. The molecule has 2 N–H and O–H groups in total. The molecule has 0 aliphatic carbocycles. The molecule has 0 saturated carbocycles. The van der Waals surface area contributed by atoms with Crippen molar-refractivity contribution >= 4 is 29.0 Å². The fourth-order valence-corrected chi connectivity index (χ4v) is 3.26. The number of halogens is 1. The van der Waals surface area contributed by atoms with Gasteiger partial charge in [-0.3, -0.25) is 14.6 Å². The minimum Gasteiger partial charge on any atom is -0.438 e. The number of nitrogens with zero attached hydrogens (tertiary/aromatic N) is 4. The molecule has 5 aromatic rings. The Bertz CT molecular complexity index is 1540. The van der Waals surface area contributed by atoms with Crippen LogP contribution in [0.1, 0.15) is 20.7 Å². The lowest BCUT2D eigenvalue weighted by atomic mass is 10.2. The minimum absolute atomic E-state index is 0.204. The zero-order valence-electron chi connectivity index (χ0n) is 18.1. The molecular weight excluding hydrogens is 451 g/mol. The van der Waals surface area contributed by atoms with E-state index in [1.807, 2.05) is 0 Å². The smallest absolute Gasteiger partial charge is 0.258 e. The Hall–Kier alpha value is -5.12. The van der Waals surface area contributed by atoms with Gasteiger partial charge in [0.15, 0.2) is 11.5 Å². The van der Waals surface area contributed by atoms with E-state index >= 15 is 0 Å². The highest BCUT2D eigenvalue weighted by molar-refractivity contribution is 6.04. The number of imidazole rings is 1. The molecule has 0 spiro atoms. The fraction of sp³-hybridized carbons (Fsp3) is 0. The van der Waals surface area contributed by atoms with E-state index in [1.54, 1.807) is 60.9 Å². The number of rotatable bonds is 6. The summed E-state index contributed by atoms with van der Waals surface area (Å²) in [6.07, 6.45) is 4.61. The molecule has 2 aromatic carbocycles. The van der Waals surface area contributed by atoms with Gasteiger partial charge in [0.05, 0.1) is 11.8 Å². The topological polar surface area (TPSA) is 111 Å². The summed E-state index contributed by atoms with van der Waals surface area (Å²) in [7, 11) is 0. The third-order valence-corrected chi connectivity index (χ3v) is 4.86. The lowest BCUT2D eigenvalue weighted by Crippen LogP contribution is -2.12. The molecule has 0 unspecified atom stereocenters. The van der Waals surface area contributed by atoms with Gasteiger partial charge in [0.1, 0.15) is 11.6 Å². The summed E-state index contributed by atoms with van der Waals surface area (Å²) in [5.41, 5.74) is 1.59. The number of pyridine rings is 1. The molecule has 0 aliphatic heterocycles. The molecule has 0 radical (unpaired) electrons. The van der Waals surface area contributed by atoms with E-state index in [9.17, 15) is 14.0 Å². The second-order valence-electron chi connectivity index (χ2n) is 7.39. The normalized spacial score (nSPS) is 10.7. The summed E-state index contributed by atoms with van der Waals surface area (Å²) in [6, 6.07) is 18.8. The van der Waals surface area contributed by atoms with Crippen molar-refractivity contribution < 1.29 is 18.7 Å². The number of nitrogens with one attached hydrogen (secondary N) is 2. The summed E-state index contributed by atoms with van der Waals surface area (Å²) in [5, 5.41) is 9.77. The van der Waals surface area contributed by atoms with Gasteiger partial charge in [-0.05, 0) is 48.5 Å². The van der Waals surface area contributed by atoms with Gasteiger partial charge in [-0.15, -0.1) is 5.10 Å². The van der Waals surface area contributed by atoms with Gasteiger partial charge >= 0.3 is 0 Å². The lowest BCUT2D eigenvalue weighted by Gasteiger charge is -2.09. The number of hydrogen-bond acceptors (Lipinski definition) is 6. The van der Waals surface area contributed by atoms with Crippen LogP contribution in [-0.4, -0.2) is 31.4 Å². The number of carbonyl (C=O) groups is 2. The maximum absolute atomic E-state index is 13.4. The van der Waals surface area contributed by atoms with Crippen LogP contribution in [0, 0.1) is 5.82 Å². The molecule has 2 amide bonds. The molecule has 3 aromatic heterocycles. The minimum atomic E-state index is -0.490. The number of hydrogen-bond donors (Lipinski definition) is 2. The van der Waals surface area contributed by atoms with Crippen LogP contribution in [0.5, 0.6) is 11.6 Å². The molecule has 0 aliphatic rings. The zero-order chi connectivity index (χ0) is 24.2. The first kappa shape index (κ1) is 21.7. The highest BCUT2D eigenvalue weighted by Gasteiger charge is 2.11. The summed E-state index contributed by atoms with van der Waals surface area (Å²) in [5.74, 6) is -0.246. The van der Waals surface area contributed by atoms with Crippen LogP contribution in [0.15, 0.2) is 91.4 Å².